The Balaban J connectivity index is 1.66. The van der Waals surface area contributed by atoms with Crippen molar-refractivity contribution < 1.29 is 9.84 Å². The molecule has 0 radical (unpaired) electrons. The Labute approximate surface area is 189 Å². The van der Waals surface area contributed by atoms with E-state index < -0.39 is 0 Å². The monoisotopic (exact) mass is 429 g/mol. The molecule has 1 aromatic heterocycles. The summed E-state index contributed by atoms with van der Waals surface area (Å²) in [5.74, 6) is 1.63. The van der Waals surface area contributed by atoms with Crippen molar-refractivity contribution in [2.24, 2.45) is 5.73 Å². The minimum atomic E-state index is -0.239. The van der Waals surface area contributed by atoms with Gasteiger partial charge in [-0.3, -0.25) is 0 Å². The number of nitrogens with two attached hydrogens (primary N) is 1. The second-order valence-electron chi connectivity index (χ2n) is 8.48. The summed E-state index contributed by atoms with van der Waals surface area (Å²) >= 11 is 0. The van der Waals surface area contributed by atoms with Crippen molar-refractivity contribution in [3.63, 3.8) is 0 Å². The average molecular weight is 430 g/mol. The van der Waals surface area contributed by atoms with E-state index in [-0.39, 0.29) is 12.6 Å². The fourth-order valence-electron chi connectivity index (χ4n) is 3.90. The molecule has 1 unspecified atom stereocenters. The molecular formula is C27H31N3O2. The molecule has 3 N–H and O–H groups in total. The Morgan fingerprint density at radius 1 is 0.969 bits per heavy atom. The van der Waals surface area contributed by atoms with E-state index in [1.807, 2.05) is 42.5 Å². The molecule has 5 heteroatoms. The molecule has 1 atom stereocenters. The quantitative estimate of drug-likeness (QED) is 0.414. The Morgan fingerprint density at radius 3 is 2.38 bits per heavy atom. The number of para-hydroxylation sites is 1. The number of aliphatic hydroxyl groups is 1. The number of nitrogens with zero attached hydrogens (tertiary/aromatic N) is 2. The number of fused-ring (bicyclic) bond motifs is 1. The lowest BCUT2D eigenvalue weighted by molar-refractivity contribution is 0.265. The molecule has 0 saturated carbocycles. The van der Waals surface area contributed by atoms with Crippen LogP contribution in [0.1, 0.15) is 11.1 Å². The van der Waals surface area contributed by atoms with Gasteiger partial charge in [0.2, 0.25) is 0 Å². The second kappa shape index (κ2) is 10.0. The van der Waals surface area contributed by atoms with Gasteiger partial charge in [-0.15, -0.1) is 0 Å². The first kappa shape index (κ1) is 22.1. The molecule has 32 heavy (non-hydrogen) atoms. The Hall–Kier alpha value is -3.12. The Kier molecular flexibility index (Phi) is 6.90. The summed E-state index contributed by atoms with van der Waals surface area (Å²) in [6.07, 6.45) is 3.86. The SMILES string of the molecule is CN(C)CCc1cn(-c2ccc(Oc3ccccc3)cc2)c2ccc(CC(N)CO)cc12. The first-order valence-electron chi connectivity index (χ1n) is 11.0. The van der Waals surface area contributed by atoms with Gasteiger partial charge in [0.05, 0.1) is 12.1 Å². The first-order chi connectivity index (χ1) is 15.5. The normalized spacial score (nSPS) is 12.4. The molecule has 0 saturated heterocycles. The summed E-state index contributed by atoms with van der Waals surface area (Å²) in [4.78, 5) is 2.20. The highest BCUT2D eigenvalue weighted by atomic mass is 16.5. The number of hydrogen-bond donors (Lipinski definition) is 2. The molecule has 5 nitrogen and oxygen atoms in total. The minimum Gasteiger partial charge on any atom is -0.457 e. The van der Waals surface area contributed by atoms with Gasteiger partial charge >= 0.3 is 0 Å². The lowest BCUT2D eigenvalue weighted by Crippen LogP contribution is -2.26. The summed E-state index contributed by atoms with van der Waals surface area (Å²) in [5.41, 5.74) is 10.7. The lowest BCUT2D eigenvalue weighted by Gasteiger charge is -2.10. The van der Waals surface area contributed by atoms with Gasteiger partial charge in [-0.05, 0) is 86.6 Å². The van der Waals surface area contributed by atoms with Gasteiger partial charge in [-0.1, -0.05) is 24.3 Å². The summed E-state index contributed by atoms with van der Waals surface area (Å²) in [7, 11) is 4.19. The minimum absolute atomic E-state index is 0.00998. The molecule has 4 aromatic rings. The third-order valence-corrected chi connectivity index (χ3v) is 5.61. The molecule has 0 fully saturated rings. The maximum atomic E-state index is 9.33. The van der Waals surface area contributed by atoms with Gasteiger partial charge in [0.25, 0.3) is 0 Å². The number of hydrogen-bond acceptors (Lipinski definition) is 4. The third kappa shape index (κ3) is 5.19. The van der Waals surface area contributed by atoms with Crippen LogP contribution < -0.4 is 10.5 Å². The average Bonchev–Trinajstić information content (AvgIpc) is 3.16. The summed E-state index contributed by atoms with van der Waals surface area (Å²) in [5, 5.41) is 10.6. The zero-order valence-electron chi connectivity index (χ0n) is 18.7. The molecular weight excluding hydrogens is 398 g/mol. The van der Waals surface area contributed by atoms with Crippen LogP contribution in [0.2, 0.25) is 0 Å². The number of ether oxygens (including phenoxy) is 1. The molecule has 0 spiro atoms. The summed E-state index contributed by atoms with van der Waals surface area (Å²) in [6, 6.07) is 24.2. The van der Waals surface area contributed by atoms with Crippen LogP contribution in [0, 0.1) is 0 Å². The van der Waals surface area contributed by atoms with E-state index in [4.69, 9.17) is 10.5 Å². The van der Waals surface area contributed by atoms with E-state index in [0.717, 1.165) is 41.2 Å². The topological polar surface area (TPSA) is 63.7 Å². The Bertz CT molecular complexity index is 1150. The maximum absolute atomic E-state index is 9.33. The zero-order valence-corrected chi connectivity index (χ0v) is 18.7. The van der Waals surface area contributed by atoms with Crippen LogP contribution in [0.3, 0.4) is 0 Å². The third-order valence-electron chi connectivity index (χ3n) is 5.61. The van der Waals surface area contributed by atoms with Gasteiger partial charge < -0.3 is 25.0 Å². The highest BCUT2D eigenvalue weighted by molar-refractivity contribution is 5.86. The molecule has 166 valence electrons. The van der Waals surface area contributed by atoms with Crippen LogP contribution in [0.15, 0.2) is 79.0 Å². The van der Waals surface area contributed by atoms with Gasteiger partial charge in [-0.2, -0.15) is 0 Å². The van der Waals surface area contributed by atoms with Crippen LogP contribution in [-0.2, 0) is 12.8 Å². The molecule has 0 bridgehead atoms. The van der Waals surface area contributed by atoms with Gasteiger partial charge in [0, 0.05) is 29.9 Å². The van der Waals surface area contributed by atoms with Crippen LogP contribution >= 0.6 is 0 Å². The van der Waals surface area contributed by atoms with E-state index >= 15 is 0 Å². The largest absolute Gasteiger partial charge is 0.457 e. The highest BCUT2D eigenvalue weighted by Gasteiger charge is 2.13. The molecule has 4 rings (SSSR count). The van der Waals surface area contributed by atoms with Crippen LogP contribution in [0.25, 0.3) is 16.6 Å². The summed E-state index contributed by atoms with van der Waals surface area (Å²) in [6.45, 7) is 0.966. The van der Waals surface area contributed by atoms with Crippen molar-refractivity contribution in [1.29, 1.82) is 0 Å². The molecule has 0 aliphatic rings. The van der Waals surface area contributed by atoms with Crippen molar-refractivity contribution in [3.05, 3.63) is 90.1 Å². The number of aliphatic hydroxyl groups excluding tert-OH is 1. The van der Waals surface area contributed by atoms with E-state index in [2.05, 4.69) is 60.1 Å². The van der Waals surface area contributed by atoms with E-state index in [1.165, 1.54) is 10.9 Å². The lowest BCUT2D eigenvalue weighted by atomic mass is 10.0. The van der Waals surface area contributed by atoms with Crippen LogP contribution in [-0.4, -0.2) is 47.9 Å². The van der Waals surface area contributed by atoms with E-state index in [0.29, 0.717) is 6.42 Å². The van der Waals surface area contributed by atoms with Crippen molar-refractivity contribution >= 4 is 10.9 Å². The van der Waals surface area contributed by atoms with E-state index in [1.54, 1.807) is 0 Å². The van der Waals surface area contributed by atoms with Crippen molar-refractivity contribution in [2.75, 3.05) is 27.2 Å². The van der Waals surface area contributed by atoms with E-state index in [9.17, 15) is 5.11 Å². The van der Waals surface area contributed by atoms with Gasteiger partial charge in [0.15, 0.2) is 0 Å². The van der Waals surface area contributed by atoms with Crippen LogP contribution in [0.4, 0.5) is 0 Å². The van der Waals surface area contributed by atoms with Crippen molar-refractivity contribution in [1.82, 2.24) is 9.47 Å². The standard InChI is InChI=1S/C27H31N3O2/c1-29(2)15-14-21-18-30(27-13-8-20(17-26(21)27)16-22(28)19-31)23-9-11-25(12-10-23)32-24-6-4-3-5-7-24/h3-13,17-18,22,31H,14-16,19,28H2,1-2H3. The van der Waals surface area contributed by atoms with Crippen LogP contribution in [0.5, 0.6) is 11.5 Å². The van der Waals surface area contributed by atoms with Crippen molar-refractivity contribution in [3.8, 4) is 17.2 Å². The van der Waals surface area contributed by atoms with Gasteiger partial charge in [-0.25, -0.2) is 0 Å². The molecule has 1 heterocycles. The number of rotatable bonds is 9. The predicted octanol–water partition coefficient (Wildman–Crippen LogP) is 4.39. The first-order valence-corrected chi connectivity index (χ1v) is 11.0. The predicted molar refractivity (Wildman–Crippen MR) is 131 cm³/mol. The fraction of sp³-hybridized carbons (Fsp3) is 0.259. The molecule has 3 aromatic carbocycles. The molecule has 0 aliphatic carbocycles. The molecule has 0 aliphatic heterocycles. The number of likely N-dealkylation sites (N-methyl/N-ethyl adjacent to an activating group) is 1. The number of benzene rings is 3. The smallest absolute Gasteiger partial charge is 0.127 e. The summed E-state index contributed by atoms with van der Waals surface area (Å²) < 4.78 is 8.18. The fourth-order valence-corrected chi connectivity index (χ4v) is 3.90. The van der Waals surface area contributed by atoms with Gasteiger partial charge in [0.1, 0.15) is 11.5 Å². The maximum Gasteiger partial charge on any atom is 0.127 e. The Morgan fingerprint density at radius 2 is 1.69 bits per heavy atom. The molecule has 0 amide bonds. The highest BCUT2D eigenvalue weighted by Crippen LogP contribution is 2.29. The second-order valence-corrected chi connectivity index (χ2v) is 8.48. The van der Waals surface area contributed by atoms with Crippen molar-refractivity contribution in [2.45, 2.75) is 18.9 Å². The number of aromatic nitrogens is 1. The zero-order chi connectivity index (χ0) is 22.5.